The molecular weight excluding hydrogens is 505 g/mol. The standard InChI is InChI=1S/C30H30FN9/c1-39(2)6-5-34-21-8-18(7-20(31)10-21)25-15-33-16-28-23(25)11-27(36-28)30-24-12-26(35-17-29(24)37-38-30)19-9-22(40(3)4)14-32-13-19/h7-17,34,36H,5-6H2,1-4H3,(H,37,38). The monoisotopic (exact) mass is 535 g/mol. The SMILES string of the molecule is CN(C)CCNc1cc(F)cc(-c2cncc3[nH]c(-c4n[nH]c5cnc(-c6cncc(N(C)C)c6)cc45)cc23)c1. The van der Waals surface area contributed by atoms with Gasteiger partial charge < -0.3 is 20.1 Å². The molecule has 0 atom stereocenters. The van der Waals surface area contributed by atoms with E-state index in [9.17, 15) is 4.39 Å². The molecule has 0 fully saturated rings. The van der Waals surface area contributed by atoms with E-state index < -0.39 is 0 Å². The molecule has 0 radical (unpaired) electrons. The van der Waals surface area contributed by atoms with E-state index in [1.54, 1.807) is 18.6 Å². The van der Waals surface area contributed by atoms with Gasteiger partial charge in [-0.25, -0.2) is 4.39 Å². The quantitative estimate of drug-likeness (QED) is 0.240. The van der Waals surface area contributed by atoms with E-state index >= 15 is 0 Å². The second-order valence-electron chi connectivity index (χ2n) is 10.3. The van der Waals surface area contributed by atoms with Crippen molar-refractivity contribution < 1.29 is 4.39 Å². The van der Waals surface area contributed by atoms with Gasteiger partial charge in [-0.05, 0) is 56.1 Å². The largest absolute Gasteiger partial charge is 0.384 e. The summed E-state index contributed by atoms with van der Waals surface area (Å²) in [6.07, 6.45) is 8.97. The number of nitrogens with one attached hydrogen (secondary N) is 3. The van der Waals surface area contributed by atoms with Crippen molar-refractivity contribution in [3.8, 4) is 33.8 Å². The van der Waals surface area contributed by atoms with E-state index in [-0.39, 0.29) is 5.82 Å². The molecule has 5 heterocycles. The molecule has 0 unspecified atom stereocenters. The Morgan fingerprint density at radius 1 is 0.825 bits per heavy atom. The normalized spacial score (nSPS) is 11.6. The number of anilines is 2. The maximum absolute atomic E-state index is 14.6. The molecule has 0 amide bonds. The third-order valence-corrected chi connectivity index (χ3v) is 6.88. The van der Waals surface area contributed by atoms with Gasteiger partial charge in [0, 0.05) is 67.2 Å². The summed E-state index contributed by atoms with van der Waals surface area (Å²) in [6.45, 7) is 1.56. The summed E-state index contributed by atoms with van der Waals surface area (Å²) in [5.41, 5.74) is 8.30. The molecule has 6 rings (SSSR count). The van der Waals surface area contributed by atoms with Crippen LogP contribution in [0, 0.1) is 5.82 Å². The van der Waals surface area contributed by atoms with Crippen LogP contribution in [0.3, 0.4) is 0 Å². The number of H-pyrrole nitrogens is 2. The minimum Gasteiger partial charge on any atom is -0.384 e. The topological polar surface area (TPSA) is 102 Å². The van der Waals surface area contributed by atoms with Gasteiger partial charge in [0.1, 0.15) is 11.5 Å². The molecular formula is C30H30FN9. The summed E-state index contributed by atoms with van der Waals surface area (Å²) in [5, 5.41) is 12.9. The molecule has 0 bridgehead atoms. The van der Waals surface area contributed by atoms with Gasteiger partial charge in [0.15, 0.2) is 0 Å². The van der Waals surface area contributed by atoms with E-state index in [0.29, 0.717) is 6.54 Å². The first kappa shape index (κ1) is 25.4. The lowest BCUT2D eigenvalue weighted by Gasteiger charge is -2.13. The van der Waals surface area contributed by atoms with Crippen LogP contribution >= 0.6 is 0 Å². The Bertz CT molecular complexity index is 1820. The van der Waals surface area contributed by atoms with Crippen molar-refractivity contribution in [2.24, 2.45) is 0 Å². The van der Waals surface area contributed by atoms with Crippen molar-refractivity contribution in [1.29, 1.82) is 0 Å². The average Bonchev–Trinajstić information content (AvgIpc) is 3.56. The van der Waals surface area contributed by atoms with Gasteiger partial charge in [0.05, 0.1) is 46.7 Å². The first-order valence-corrected chi connectivity index (χ1v) is 13.0. The van der Waals surface area contributed by atoms with Gasteiger partial charge in [0.25, 0.3) is 0 Å². The number of fused-ring (bicyclic) bond motifs is 2. The van der Waals surface area contributed by atoms with Gasteiger partial charge >= 0.3 is 0 Å². The molecule has 3 N–H and O–H groups in total. The van der Waals surface area contributed by atoms with Crippen molar-refractivity contribution in [2.75, 3.05) is 51.5 Å². The fourth-order valence-corrected chi connectivity index (χ4v) is 4.77. The van der Waals surface area contributed by atoms with Gasteiger partial charge in [-0.2, -0.15) is 5.10 Å². The van der Waals surface area contributed by atoms with E-state index in [2.05, 4.69) is 46.4 Å². The van der Waals surface area contributed by atoms with Crippen LogP contribution in [0.4, 0.5) is 15.8 Å². The lowest BCUT2D eigenvalue weighted by Crippen LogP contribution is -2.20. The number of halogens is 1. The number of aromatic nitrogens is 6. The molecule has 0 saturated carbocycles. The molecule has 0 saturated heterocycles. The predicted octanol–water partition coefficient (Wildman–Crippen LogP) is 5.41. The predicted molar refractivity (Wildman–Crippen MR) is 159 cm³/mol. The van der Waals surface area contributed by atoms with Crippen LogP contribution in [0.25, 0.3) is 55.6 Å². The molecule has 0 aliphatic rings. The van der Waals surface area contributed by atoms with Crippen LogP contribution in [-0.2, 0) is 0 Å². The maximum Gasteiger partial charge on any atom is 0.125 e. The Morgan fingerprint density at radius 2 is 1.68 bits per heavy atom. The lowest BCUT2D eigenvalue weighted by molar-refractivity contribution is 0.425. The highest BCUT2D eigenvalue weighted by atomic mass is 19.1. The maximum atomic E-state index is 14.6. The Morgan fingerprint density at radius 3 is 2.50 bits per heavy atom. The Labute approximate surface area is 231 Å². The molecule has 0 aliphatic carbocycles. The van der Waals surface area contributed by atoms with Crippen molar-refractivity contribution in [3.05, 3.63) is 73.2 Å². The van der Waals surface area contributed by atoms with E-state index in [1.165, 1.54) is 12.1 Å². The fourth-order valence-electron chi connectivity index (χ4n) is 4.77. The third kappa shape index (κ3) is 4.96. The molecule has 0 aliphatic heterocycles. The van der Waals surface area contributed by atoms with Gasteiger partial charge in [-0.3, -0.25) is 20.1 Å². The molecule has 5 aromatic heterocycles. The zero-order valence-corrected chi connectivity index (χ0v) is 22.8. The average molecular weight is 536 g/mol. The number of nitrogens with zero attached hydrogens (tertiary/aromatic N) is 6. The van der Waals surface area contributed by atoms with Gasteiger partial charge in [0.2, 0.25) is 0 Å². The van der Waals surface area contributed by atoms with Gasteiger partial charge in [-0.1, -0.05) is 0 Å². The summed E-state index contributed by atoms with van der Waals surface area (Å²) in [4.78, 5) is 21.0. The summed E-state index contributed by atoms with van der Waals surface area (Å²) in [7, 11) is 7.98. The molecule has 202 valence electrons. The highest BCUT2D eigenvalue weighted by molar-refractivity contribution is 6.01. The highest BCUT2D eigenvalue weighted by Crippen LogP contribution is 2.35. The number of pyridine rings is 3. The molecule has 9 nitrogen and oxygen atoms in total. The third-order valence-electron chi connectivity index (χ3n) is 6.88. The van der Waals surface area contributed by atoms with E-state index in [4.69, 9.17) is 0 Å². The molecule has 1 aromatic carbocycles. The zero-order valence-electron chi connectivity index (χ0n) is 22.8. The van der Waals surface area contributed by atoms with Crippen LogP contribution in [0.15, 0.2) is 67.4 Å². The number of hydrogen-bond donors (Lipinski definition) is 3. The summed E-state index contributed by atoms with van der Waals surface area (Å²) in [6, 6.07) is 11.1. The second kappa shape index (κ2) is 10.4. The van der Waals surface area contributed by atoms with Crippen LogP contribution in [0.1, 0.15) is 0 Å². The molecule has 0 spiro atoms. The smallest absolute Gasteiger partial charge is 0.125 e. The molecule has 6 aromatic rings. The van der Waals surface area contributed by atoms with Crippen molar-refractivity contribution in [2.45, 2.75) is 0 Å². The Hall–Kier alpha value is -4.83. The second-order valence-corrected chi connectivity index (χ2v) is 10.3. The number of rotatable bonds is 8. The Kier molecular flexibility index (Phi) is 6.61. The number of likely N-dealkylation sites (N-methyl/N-ethyl adjacent to an activating group) is 1. The van der Waals surface area contributed by atoms with Gasteiger partial charge in [-0.15, -0.1) is 0 Å². The number of hydrogen-bond acceptors (Lipinski definition) is 7. The summed E-state index contributed by atoms with van der Waals surface area (Å²) >= 11 is 0. The molecule has 40 heavy (non-hydrogen) atoms. The van der Waals surface area contributed by atoms with E-state index in [0.717, 1.165) is 73.5 Å². The number of aromatic amines is 2. The first-order chi connectivity index (χ1) is 19.4. The van der Waals surface area contributed by atoms with Crippen LogP contribution < -0.4 is 10.2 Å². The molecule has 10 heteroatoms. The van der Waals surface area contributed by atoms with Crippen LogP contribution in [-0.4, -0.2) is 76.3 Å². The number of benzene rings is 1. The fraction of sp³-hybridized carbons (Fsp3) is 0.200. The van der Waals surface area contributed by atoms with Crippen molar-refractivity contribution >= 4 is 33.2 Å². The van der Waals surface area contributed by atoms with E-state index in [1.807, 2.05) is 63.7 Å². The highest BCUT2D eigenvalue weighted by Gasteiger charge is 2.16. The van der Waals surface area contributed by atoms with Crippen LogP contribution in [0.5, 0.6) is 0 Å². The minimum absolute atomic E-state index is 0.302. The zero-order chi connectivity index (χ0) is 27.8. The first-order valence-electron chi connectivity index (χ1n) is 13.0. The summed E-state index contributed by atoms with van der Waals surface area (Å²) in [5.74, 6) is -0.302. The lowest BCUT2D eigenvalue weighted by atomic mass is 10.0. The summed E-state index contributed by atoms with van der Waals surface area (Å²) < 4.78 is 14.6. The van der Waals surface area contributed by atoms with Crippen molar-refractivity contribution in [1.82, 2.24) is 35.0 Å². The minimum atomic E-state index is -0.302. The van der Waals surface area contributed by atoms with Crippen LogP contribution in [0.2, 0.25) is 0 Å². The van der Waals surface area contributed by atoms with Crippen molar-refractivity contribution in [3.63, 3.8) is 0 Å². The Balaban J connectivity index is 1.39.